The van der Waals surface area contributed by atoms with Crippen molar-refractivity contribution in [1.82, 2.24) is 4.98 Å². The van der Waals surface area contributed by atoms with Crippen molar-refractivity contribution in [2.75, 3.05) is 11.9 Å². The topological polar surface area (TPSA) is 34.1 Å². The number of aromatic nitrogens is 1. The molecule has 0 spiro atoms. The van der Waals surface area contributed by atoms with Gasteiger partial charge in [-0.05, 0) is 24.6 Å². The first-order valence-corrected chi connectivity index (χ1v) is 6.60. The molecular formula is C12H13ClN2OS. The first-order chi connectivity index (χ1) is 8.28. The van der Waals surface area contributed by atoms with Crippen molar-refractivity contribution in [2.45, 2.75) is 13.5 Å². The van der Waals surface area contributed by atoms with E-state index in [9.17, 15) is 0 Å². The molecular weight excluding hydrogens is 256 g/mol. The molecule has 0 aliphatic rings. The zero-order valence-corrected chi connectivity index (χ0v) is 11.0. The first-order valence-electron chi connectivity index (χ1n) is 5.34. The van der Waals surface area contributed by atoms with Crippen molar-refractivity contribution in [1.29, 1.82) is 0 Å². The molecule has 0 amide bonds. The van der Waals surface area contributed by atoms with Gasteiger partial charge < -0.3 is 10.1 Å². The fourth-order valence-corrected chi connectivity index (χ4v) is 2.26. The average Bonchev–Trinajstić information content (AvgIpc) is 2.74. The van der Waals surface area contributed by atoms with Crippen molar-refractivity contribution in [2.24, 2.45) is 0 Å². The molecule has 3 nitrogen and oxygen atoms in total. The Morgan fingerprint density at radius 3 is 3.06 bits per heavy atom. The van der Waals surface area contributed by atoms with Crippen LogP contribution in [0, 0.1) is 0 Å². The summed E-state index contributed by atoms with van der Waals surface area (Å²) in [6.07, 6.45) is 0. The maximum atomic E-state index is 5.75. The van der Waals surface area contributed by atoms with Crippen molar-refractivity contribution in [3.05, 3.63) is 40.4 Å². The molecule has 0 saturated carbocycles. The number of rotatable bonds is 5. The van der Waals surface area contributed by atoms with Gasteiger partial charge in [0, 0.05) is 11.9 Å². The molecule has 0 bridgehead atoms. The van der Waals surface area contributed by atoms with Crippen LogP contribution in [0.25, 0.3) is 0 Å². The van der Waals surface area contributed by atoms with E-state index >= 15 is 0 Å². The second kappa shape index (κ2) is 5.89. The van der Waals surface area contributed by atoms with Crippen LogP contribution in [-0.4, -0.2) is 11.6 Å². The van der Waals surface area contributed by atoms with Gasteiger partial charge in [-0.3, -0.25) is 0 Å². The number of benzene rings is 1. The van der Waals surface area contributed by atoms with Gasteiger partial charge >= 0.3 is 0 Å². The Bertz CT molecular complexity index is 487. The molecule has 0 unspecified atom stereocenters. The van der Waals surface area contributed by atoms with Gasteiger partial charge in [0.15, 0.2) is 5.13 Å². The maximum Gasteiger partial charge on any atom is 0.184 e. The van der Waals surface area contributed by atoms with Crippen LogP contribution >= 0.6 is 22.9 Å². The van der Waals surface area contributed by atoms with E-state index in [4.69, 9.17) is 16.3 Å². The average molecular weight is 269 g/mol. The molecule has 1 N–H and O–H groups in total. The van der Waals surface area contributed by atoms with Gasteiger partial charge in [-0.25, -0.2) is 4.98 Å². The van der Waals surface area contributed by atoms with Crippen LogP contribution < -0.4 is 10.1 Å². The van der Waals surface area contributed by atoms with E-state index in [2.05, 4.69) is 10.3 Å². The minimum absolute atomic E-state index is 0.528. The molecule has 17 heavy (non-hydrogen) atoms. The van der Waals surface area contributed by atoms with Gasteiger partial charge in [-0.2, -0.15) is 0 Å². The fourth-order valence-electron chi connectivity index (χ4n) is 1.42. The molecule has 0 aliphatic heterocycles. The number of nitrogens with one attached hydrogen (secondary N) is 1. The van der Waals surface area contributed by atoms with E-state index in [-0.39, 0.29) is 0 Å². The van der Waals surface area contributed by atoms with E-state index in [0.717, 1.165) is 16.4 Å². The Labute approximate surface area is 109 Å². The minimum atomic E-state index is 0.528. The predicted molar refractivity (Wildman–Crippen MR) is 72.1 cm³/mol. The Morgan fingerprint density at radius 1 is 1.47 bits per heavy atom. The highest BCUT2D eigenvalue weighted by Crippen LogP contribution is 2.20. The molecule has 1 heterocycles. The minimum Gasteiger partial charge on any atom is -0.494 e. The normalized spacial score (nSPS) is 10.2. The number of hydrogen-bond acceptors (Lipinski definition) is 4. The summed E-state index contributed by atoms with van der Waals surface area (Å²) in [5.41, 5.74) is 1.15. The molecule has 0 atom stereocenters. The smallest absolute Gasteiger partial charge is 0.184 e. The van der Waals surface area contributed by atoms with Gasteiger partial charge in [0.2, 0.25) is 0 Å². The largest absolute Gasteiger partial charge is 0.494 e. The number of ether oxygens (including phenoxy) is 1. The summed E-state index contributed by atoms with van der Waals surface area (Å²) in [4.78, 5) is 4.13. The standard InChI is InChI=1S/C12H13ClN2OS/c1-2-16-10-5-3-4-9(6-10)7-14-12-15-11(13)8-17-12/h3-6,8H,2,7H2,1H3,(H,14,15). The summed E-state index contributed by atoms with van der Waals surface area (Å²) in [7, 11) is 0. The number of halogens is 1. The van der Waals surface area contributed by atoms with E-state index in [1.54, 1.807) is 5.38 Å². The van der Waals surface area contributed by atoms with Crippen LogP contribution in [0.4, 0.5) is 5.13 Å². The molecule has 1 aromatic heterocycles. The van der Waals surface area contributed by atoms with Crippen LogP contribution in [0.3, 0.4) is 0 Å². The molecule has 0 aliphatic carbocycles. The molecule has 2 rings (SSSR count). The number of hydrogen-bond donors (Lipinski definition) is 1. The lowest BCUT2D eigenvalue weighted by atomic mass is 10.2. The number of anilines is 1. The Balaban J connectivity index is 1.96. The first kappa shape index (κ1) is 12.2. The third kappa shape index (κ3) is 3.61. The van der Waals surface area contributed by atoms with Crippen molar-refractivity contribution >= 4 is 28.1 Å². The Morgan fingerprint density at radius 2 is 2.35 bits per heavy atom. The second-order valence-electron chi connectivity index (χ2n) is 3.41. The second-order valence-corrected chi connectivity index (χ2v) is 4.65. The molecule has 0 radical (unpaired) electrons. The van der Waals surface area contributed by atoms with Crippen molar-refractivity contribution in [3.63, 3.8) is 0 Å². The van der Waals surface area contributed by atoms with Crippen LogP contribution in [-0.2, 0) is 6.54 Å². The summed E-state index contributed by atoms with van der Waals surface area (Å²) in [5, 5.41) is 6.38. The van der Waals surface area contributed by atoms with E-state index in [1.807, 2.05) is 31.2 Å². The van der Waals surface area contributed by atoms with Crippen LogP contribution in [0.2, 0.25) is 5.15 Å². The van der Waals surface area contributed by atoms with Gasteiger partial charge in [-0.15, -0.1) is 11.3 Å². The Hall–Kier alpha value is -1.26. The maximum absolute atomic E-state index is 5.75. The highest BCUT2D eigenvalue weighted by molar-refractivity contribution is 7.14. The van der Waals surface area contributed by atoms with Crippen LogP contribution in [0.1, 0.15) is 12.5 Å². The number of thiazole rings is 1. The Kier molecular flexibility index (Phi) is 4.23. The van der Waals surface area contributed by atoms with Gasteiger partial charge in [0.1, 0.15) is 10.9 Å². The van der Waals surface area contributed by atoms with E-state index in [1.165, 1.54) is 11.3 Å². The summed E-state index contributed by atoms with van der Waals surface area (Å²) in [5.74, 6) is 0.893. The van der Waals surface area contributed by atoms with Crippen LogP contribution in [0.5, 0.6) is 5.75 Å². The molecule has 0 saturated heterocycles. The molecule has 0 fully saturated rings. The molecule has 1 aromatic carbocycles. The third-order valence-corrected chi connectivity index (χ3v) is 3.25. The van der Waals surface area contributed by atoms with E-state index in [0.29, 0.717) is 18.3 Å². The molecule has 90 valence electrons. The van der Waals surface area contributed by atoms with Gasteiger partial charge in [0.25, 0.3) is 0 Å². The quantitative estimate of drug-likeness (QED) is 0.895. The molecule has 5 heteroatoms. The highest BCUT2D eigenvalue weighted by atomic mass is 35.5. The predicted octanol–water partition coefficient (Wildman–Crippen LogP) is 3.81. The SMILES string of the molecule is CCOc1cccc(CNc2nc(Cl)cs2)c1. The zero-order chi connectivity index (χ0) is 12.1. The fraction of sp³-hybridized carbons (Fsp3) is 0.250. The zero-order valence-electron chi connectivity index (χ0n) is 9.44. The van der Waals surface area contributed by atoms with Crippen molar-refractivity contribution < 1.29 is 4.74 Å². The summed E-state index contributed by atoms with van der Waals surface area (Å²) in [6.45, 7) is 3.37. The lowest BCUT2D eigenvalue weighted by Gasteiger charge is -2.06. The van der Waals surface area contributed by atoms with Gasteiger partial charge in [-0.1, -0.05) is 23.7 Å². The highest BCUT2D eigenvalue weighted by Gasteiger charge is 2.00. The lowest BCUT2D eigenvalue weighted by Crippen LogP contribution is -1.99. The monoisotopic (exact) mass is 268 g/mol. The summed E-state index contributed by atoms with van der Waals surface area (Å²) in [6, 6.07) is 8.00. The lowest BCUT2D eigenvalue weighted by molar-refractivity contribution is 0.340. The summed E-state index contributed by atoms with van der Waals surface area (Å²) >= 11 is 7.25. The summed E-state index contributed by atoms with van der Waals surface area (Å²) < 4.78 is 5.44. The van der Waals surface area contributed by atoms with Gasteiger partial charge in [0.05, 0.1) is 6.61 Å². The third-order valence-electron chi connectivity index (χ3n) is 2.13. The van der Waals surface area contributed by atoms with Crippen LogP contribution in [0.15, 0.2) is 29.6 Å². The number of nitrogens with zero attached hydrogens (tertiary/aromatic N) is 1. The van der Waals surface area contributed by atoms with E-state index < -0.39 is 0 Å². The van der Waals surface area contributed by atoms with Crippen molar-refractivity contribution in [3.8, 4) is 5.75 Å². The molecule has 2 aromatic rings.